The van der Waals surface area contributed by atoms with E-state index in [9.17, 15) is 8.78 Å². The molecule has 20 heavy (non-hydrogen) atoms. The fourth-order valence-corrected chi connectivity index (χ4v) is 3.11. The highest BCUT2D eigenvalue weighted by Gasteiger charge is 2.41. The first kappa shape index (κ1) is 14.0. The lowest BCUT2D eigenvalue weighted by atomic mass is 9.97. The second-order valence-electron chi connectivity index (χ2n) is 6.21. The summed E-state index contributed by atoms with van der Waals surface area (Å²) in [7, 11) is 0. The van der Waals surface area contributed by atoms with Gasteiger partial charge in [-0.2, -0.15) is 0 Å². The quantitative estimate of drug-likeness (QED) is 0.806. The molecular formula is C16H22F2N2. The van der Waals surface area contributed by atoms with Crippen LogP contribution in [0, 0.1) is 29.4 Å². The third kappa shape index (κ3) is 3.18. The summed E-state index contributed by atoms with van der Waals surface area (Å²) in [6, 6.07) is 3.95. The molecule has 1 aromatic rings. The minimum atomic E-state index is -0.807. The molecule has 0 spiro atoms. The summed E-state index contributed by atoms with van der Waals surface area (Å²) in [5.74, 6) is 0.883. The Hall–Kier alpha value is -1.00. The average molecular weight is 280 g/mol. The first-order valence-electron chi connectivity index (χ1n) is 7.57. The van der Waals surface area contributed by atoms with Crippen LogP contribution < -0.4 is 11.1 Å². The molecule has 0 amide bonds. The lowest BCUT2D eigenvalue weighted by Gasteiger charge is -2.22. The minimum absolute atomic E-state index is 0.0925. The van der Waals surface area contributed by atoms with E-state index in [-0.39, 0.29) is 6.04 Å². The van der Waals surface area contributed by atoms with Gasteiger partial charge >= 0.3 is 0 Å². The van der Waals surface area contributed by atoms with Gasteiger partial charge in [-0.25, -0.2) is 8.78 Å². The molecule has 2 nitrogen and oxygen atoms in total. The number of hydrogen-bond acceptors (Lipinski definition) is 2. The molecule has 1 aromatic carbocycles. The number of halogens is 2. The van der Waals surface area contributed by atoms with Gasteiger partial charge in [-0.05, 0) is 67.7 Å². The Morgan fingerprint density at radius 2 is 1.75 bits per heavy atom. The lowest BCUT2D eigenvalue weighted by Crippen LogP contribution is -2.33. The van der Waals surface area contributed by atoms with Gasteiger partial charge in [0.25, 0.3) is 0 Å². The molecule has 2 fully saturated rings. The monoisotopic (exact) mass is 280 g/mol. The van der Waals surface area contributed by atoms with Gasteiger partial charge in [0.05, 0.1) is 0 Å². The molecule has 4 heteroatoms. The van der Waals surface area contributed by atoms with E-state index in [1.165, 1.54) is 37.8 Å². The largest absolute Gasteiger partial charge is 0.329 e. The van der Waals surface area contributed by atoms with Gasteiger partial charge in [0.15, 0.2) is 11.6 Å². The summed E-state index contributed by atoms with van der Waals surface area (Å²) < 4.78 is 26.3. The zero-order valence-electron chi connectivity index (χ0n) is 11.6. The van der Waals surface area contributed by atoms with E-state index in [1.54, 1.807) is 6.07 Å². The predicted octanol–water partition coefficient (Wildman–Crippen LogP) is 2.99. The van der Waals surface area contributed by atoms with E-state index in [0.717, 1.165) is 29.9 Å². The van der Waals surface area contributed by atoms with Crippen molar-refractivity contribution in [3.8, 4) is 0 Å². The van der Waals surface area contributed by atoms with Crippen LogP contribution in [0.15, 0.2) is 18.2 Å². The maximum Gasteiger partial charge on any atom is 0.159 e. The van der Waals surface area contributed by atoms with Crippen LogP contribution in [0.3, 0.4) is 0 Å². The average Bonchev–Trinajstić information content (AvgIpc) is 3.31. The molecule has 0 radical (unpaired) electrons. The van der Waals surface area contributed by atoms with Crippen molar-refractivity contribution in [3.05, 3.63) is 35.4 Å². The summed E-state index contributed by atoms with van der Waals surface area (Å²) in [4.78, 5) is 0. The Labute approximate surface area is 118 Å². The fourth-order valence-electron chi connectivity index (χ4n) is 3.11. The third-order valence-electron chi connectivity index (χ3n) is 4.64. The van der Waals surface area contributed by atoms with Crippen LogP contribution in [0.1, 0.15) is 37.3 Å². The van der Waals surface area contributed by atoms with Crippen molar-refractivity contribution in [1.29, 1.82) is 0 Å². The molecule has 2 aliphatic carbocycles. The maximum atomic E-state index is 13.3. The summed E-state index contributed by atoms with van der Waals surface area (Å²) in [5, 5.41) is 3.46. The SMILES string of the molecule is NCC(NCC(C1CC1)C1CC1)c1ccc(F)c(F)c1. The molecule has 2 aliphatic rings. The minimum Gasteiger partial charge on any atom is -0.329 e. The molecule has 3 N–H and O–H groups in total. The van der Waals surface area contributed by atoms with E-state index in [0.29, 0.717) is 6.54 Å². The molecule has 1 atom stereocenters. The van der Waals surface area contributed by atoms with Gasteiger partial charge in [0, 0.05) is 12.6 Å². The molecule has 110 valence electrons. The zero-order chi connectivity index (χ0) is 14.1. The normalized spacial score (nSPS) is 20.4. The zero-order valence-corrected chi connectivity index (χ0v) is 11.6. The van der Waals surface area contributed by atoms with Crippen molar-refractivity contribution in [1.82, 2.24) is 5.32 Å². The molecule has 3 rings (SSSR count). The van der Waals surface area contributed by atoms with Crippen LogP contribution in [0.4, 0.5) is 8.78 Å². The molecular weight excluding hydrogens is 258 g/mol. The van der Waals surface area contributed by atoms with Gasteiger partial charge in [0.2, 0.25) is 0 Å². The molecule has 0 aromatic heterocycles. The highest BCUT2D eigenvalue weighted by molar-refractivity contribution is 5.21. The van der Waals surface area contributed by atoms with E-state index >= 15 is 0 Å². The fraction of sp³-hybridized carbons (Fsp3) is 0.625. The van der Waals surface area contributed by atoms with Crippen molar-refractivity contribution in [2.75, 3.05) is 13.1 Å². The first-order chi connectivity index (χ1) is 9.69. The van der Waals surface area contributed by atoms with Crippen molar-refractivity contribution in [2.45, 2.75) is 31.7 Å². The molecule has 0 bridgehead atoms. The summed E-state index contributed by atoms with van der Waals surface area (Å²) in [6.45, 7) is 1.34. The molecule has 0 heterocycles. The van der Waals surface area contributed by atoms with E-state index in [4.69, 9.17) is 5.73 Å². The van der Waals surface area contributed by atoms with E-state index in [2.05, 4.69) is 5.32 Å². The van der Waals surface area contributed by atoms with Crippen molar-refractivity contribution >= 4 is 0 Å². The Bertz CT molecular complexity index is 458. The van der Waals surface area contributed by atoms with Crippen molar-refractivity contribution in [3.63, 3.8) is 0 Å². The number of rotatable bonds is 7. The predicted molar refractivity (Wildman–Crippen MR) is 75.1 cm³/mol. The Kier molecular flexibility index (Phi) is 4.03. The molecule has 2 saturated carbocycles. The smallest absolute Gasteiger partial charge is 0.159 e. The van der Waals surface area contributed by atoms with E-state index in [1.807, 2.05) is 0 Å². The maximum absolute atomic E-state index is 13.3. The Balaban J connectivity index is 1.62. The second kappa shape index (κ2) is 5.78. The van der Waals surface area contributed by atoms with Gasteiger partial charge in [0.1, 0.15) is 0 Å². The first-order valence-corrected chi connectivity index (χ1v) is 7.57. The number of nitrogens with two attached hydrogens (primary N) is 1. The van der Waals surface area contributed by atoms with Gasteiger partial charge < -0.3 is 11.1 Å². The highest BCUT2D eigenvalue weighted by Crippen LogP contribution is 2.48. The van der Waals surface area contributed by atoms with Gasteiger partial charge in [-0.3, -0.25) is 0 Å². The number of benzene rings is 1. The molecule has 0 saturated heterocycles. The highest BCUT2D eigenvalue weighted by atomic mass is 19.2. The Morgan fingerprint density at radius 3 is 2.25 bits per heavy atom. The van der Waals surface area contributed by atoms with Gasteiger partial charge in [-0.15, -0.1) is 0 Å². The van der Waals surface area contributed by atoms with Gasteiger partial charge in [-0.1, -0.05) is 6.07 Å². The summed E-state index contributed by atoms with van der Waals surface area (Å²) in [6.07, 6.45) is 5.39. The van der Waals surface area contributed by atoms with E-state index < -0.39 is 11.6 Å². The lowest BCUT2D eigenvalue weighted by molar-refractivity contribution is 0.357. The molecule has 0 aliphatic heterocycles. The van der Waals surface area contributed by atoms with Crippen LogP contribution >= 0.6 is 0 Å². The third-order valence-corrected chi connectivity index (χ3v) is 4.64. The molecule has 1 unspecified atom stereocenters. The summed E-state index contributed by atoms with van der Waals surface area (Å²) in [5.41, 5.74) is 6.52. The van der Waals surface area contributed by atoms with Crippen LogP contribution in [-0.4, -0.2) is 13.1 Å². The topological polar surface area (TPSA) is 38.0 Å². The van der Waals surface area contributed by atoms with Crippen LogP contribution in [-0.2, 0) is 0 Å². The number of nitrogens with one attached hydrogen (secondary N) is 1. The second-order valence-corrected chi connectivity index (χ2v) is 6.21. The van der Waals surface area contributed by atoms with Crippen LogP contribution in [0.5, 0.6) is 0 Å². The van der Waals surface area contributed by atoms with Crippen molar-refractivity contribution < 1.29 is 8.78 Å². The van der Waals surface area contributed by atoms with Crippen LogP contribution in [0.2, 0.25) is 0 Å². The Morgan fingerprint density at radius 1 is 1.10 bits per heavy atom. The summed E-state index contributed by atoms with van der Waals surface area (Å²) >= 11 is 0. The van der Waals surface area contributed by atoms with Crippen LogP contribution in [0.25, 0.3) is 0 Å². The standard InChI is InChI=1S/C16H22F2N2/c17-14-6-5-12(7-15(14)18)16(8-19)20-9-13(10-1-2-10)11-3-4-11/h5-7,10-11,13,16,20H,1-4,8-9,19H2. The number of hydrogen-bond donors (Lipinski definition) is 2. The van der Waals surface area contributed by atoms with Crippen molar-refractivity contribution in [2.24, 2.45) is 23.5 Å².